The molecular weight excluding hydrogens is 258 g/mol. The van der Waals surface area contributed by atoms with Gasteiger partial charge in [-0.25, -0.2) is 0 Å². The molecule has 110 valence electrons. The second-order valence-corrected chi connectivity index (χ2v) is 4.45. The number of rotatable bonds is 5. The number of aromatic nitrogens is 3. The number of carbonyl (C=O) groups excluding carboxylic acids is 1. The summed E-state index contributed by atoms with van der Waals surface area (Å²) < 4.78 is 0. The zero-order valence-electron chi connectivity index (χ0n) is 12.2. The molecule has 0 saturated carbocycles. The molecule has 8 heteroatoms. The van der Waals surface area contributed by atoms with Gasteiger partial charge in [-0.1, -0.05) is 0 Å². The second kappa shape index (κ2) is 6.36. The molecule has 0 bridgehead atoms. The summed E-state index contributed by atoms with van der Waals surface area (Å²) >= 11 is 0. The Kier molecular flexibility index (Phi) is 4.54. The Morgan fingerprint density at radius 1 is 1.30 bits per heavy atom. The fourth-order valence-corrected chi connectivity index (χ4v) is 2.06. The van der Waals surface area contributed by atoms with E-state index in [-0.39, 0.29) is 12.5 Å². The van der Waals surface area contributed by atoms with Crippen molar-refractivity contribution < 1.29 is 4.79 Å². The lowest BCUT2D eigenvalue weighted by molar-refractivity contribution is -0.120. The molecule has 1 aromatic heterocycles. The standard InChI is InChI=1S/C12H21N7O/c1-4-18(5-2)11-15-10(13-3)16-12(17-11)19-7-6-14-9(20)8-19/h4-8H2,1-3H3,(H,14,20)(H,13,15,16,17). The molecule has 1 aliphatic heterocycles. The molecule has 1 saturated heterocycles. The topological polar surface area (TPSA) is 86.3 Å². The highest BCUT2D eigenvalue weighted by Gasteiger charge is 2.21. The number of nitrogens with one attached hydrogen (secondary N) is 2. The van der Waals surface area contributed by atoms with Crippen LogP contribution in [-0.4, -0.2) is 60.6 Å². The van der Waals surface area contributed by atoms with E-state index in [1.54, 1.807) is 7.05 Å². The number of anilines is 3. The van der Waals surface area contributed by atoms with Gasteiger partial charge < -0.3 is 20.4 Å². The second-order valence-electron chi connectivity index (χ2n) is 4.45. The van der Waals surface area contributed by atoms with Crippen molar-refractivity contribution in [2.75, 3.05) is 54.9 Å². The molecule has 0 aromatic carbocycles. The minimum absolute atomic E-state index is 0.00735. The Morgan fingerprint density at radius 3 is 2.65 bits per heavy atom. The van der Waals surface area contributed by atoms with Crippen molar-refractivity contribution in [3.63, 3.8) is 0 Å². The average Bonchev–Trinajstić information content (AvgIpc) is 2.48. The van der Waals surface area contributed by atoms with Crippen molar-refractivity contribution in [3.05, 3.63) is 0 Å². The van der Waals surface area contributed by atoms with Gasteiger partial charge in [0.25, 0.3) is 0 Å². The van der Waals surface area contributed by atoms with Crippen LogP contribution in [0, 0.1) is 0 Å². The predicted molar refractivity (Wildman–Crippen MR) is 78.2 cm³/mol. The molecule has 0 unspecified atom stereocenters. The van der Waals surface area contributed by atoms with Crippen molar-refractivity contribution in [1.29, 1.82) is 0 Å². The SMILES string of the molecule is CCN(CC)c1nc(NC)nc(N2CCNC(=O)C2)n1. The van der Waals surface area contributed by atoms with E-state index in [1.807, 2.05) is 4.90 Å². The lowest BCUT2D eigenvalue weighted by Gasteiger charge is -2.28. The molecule has 2 N–H and O–H groups in total. The third kappa shape index (κ3) is 3.06. The number of nitrogens with zero attached hydrogens (tertiary/aromatic N) is 5. The molecular formula is C12H21N7O. The van der Waals surface area contributed by atoms with Crippen LogP contribution < -0.4 is 20.4 Å². The van der Waals surface area contributed by atoms with Crippen LogP contribution in [0.15, 0.2) is 0 Å². The molecule has 1 amide bonds. The molecule has 2 heterocycles. The largest absolute Gasteiger partial charge is 0.357 e. The first kappa shape index (κ1) is 14.3. The first-order valence-corrected chi connectivity index (χ1v) is 6.88. The molecule has 1 aliphatic rings. The first-order chi connectivity index (χ1) is 9.67. The molecule has 0 spiro atoms. The van der Waals surface area contributed by atoms with Crippen LogP contribution in [0.4, 0.5) is 17.8 Å². The van der Waals surface area contributed by atoms with Crippen LogP contribution >= 0.6 is 0 Å². The van der Waals surface area contributed by atoms with Crippen molar-refractivity contribution in [3.8, 4) is 0 Å². The van der Waals surface area contributed by atoms with E-state index in [2.05, 4.69) is 44.3 Å². The quantitative estimate of drug-likeness (QED) is 0.765. The molecule has 0 radical (unpaired) electrons. The van der Waals surface area contributed by atoms with E-state index in [9.17, 15) is 4.79 Å². The highest BCUT2D eigenvalue weighted by molar-refractivity contribution is 5.82. The Morgan fingerprint density at radius 2 is 2.05 bits per heavy atom. The van der Waals surface area contributed by atoms with Gasteiger partial charge in [-0.3, -0.25) is 4.79 Å². The van der Waals surface area contributed by atoms with Crippen molar-refractivity contribution in [2.24, 2.45) is 0 Å². The first-order valence-electron chi connectivity index (χ1n) is 6.88. The van der Waals surface area contributed by atoms with Gasteiger partial charge in [0.2, 0.25) is 23.8 Å². The molecule has 2 rings (SSSR count). The van der Waals surface area contributed by atoms with Gasteiger partial charge in [-0.15, -0.1) is 0 Å². The third-order valence-electron chi connectivity index (χ3n) is 3.20. The summed E-state index contributed by atoms with van der Waals surface area (Å²) in [5.74, 6) is 1.69. The Labute approximate surface area is 118 Å². The maximum absolute atomic E-state index is 11.5. The van der Waals surface area contributed by atoms with E-state index in [0.717, 1.165) is 13.1 Å². The van der Waals surface area contributed by atoms with Crippen molar-refractivity contribution in [2.45, 2.75) is 13.8 Å². The molecule has 1 aromatic rings. The Balaban J connectivity index is 2.31. The zero-order valence-corrected chi connectivity index (χ0v) is 12.2. The zero-order chi connectivity index (χ0) is 14.5. The van der Waals surface area contributed by atoms with Crippen LogP contribution in [0.5, 0.6) is 0 Å². The number of carbonyl (C=O) groups is 1. The lowest BCUT2D eigenvalue weighted by Crippen LogP contribution is -2.48. The lowest BCUT2D eigenvalue weighted by atomic mass is 10.4. The van der Waals surface area contributed by atoms with Gasteiger partial charge >= 0.3 is 0 Å². The van der Waals surface area contributed by atoms with E-state index in [4.69, 9.17) is 0 Å². The summed E-state index contributed by atoms with van der Waals surface area (Å²) in [5, 5.41) is 5.74. The van der Waals surface area contributed by atoms with Gasteiger partial charge in [-0.05, 0) is 13.8 Å². The highest BCUT2D eigenvalue weighted by Crippen LogP contribution is 2.16. The molecule has 0 aliphatic carbocycles. The third-order valence-corrected chi connectivity index (χ3v) is 3.20. The fraction of sp³-hybridized carbons (Fsp3) is 0.667. The summed E-state index contributed by atoms with van der Waals surface area (Å²) in [7, 11) is 1.77. The number of hydrogen-bond donors (Lipinski definition) is 2. The van der Waals surface area contributed by atoms with Crippen LogP contribution in [0.1, 0.15) is 13.8 Å². The average molecular weight is 279 g/mol. The molecule has 20 heavy (non-hydrogen) atoms. The summed E-state index contributed by atoms with van der Waals surface area (Å²) in [4.78, 5) is 28.6. The van der Waals surface area contributed by atoms with Crippen LogP contribution in [0.3, 0.4) is 0 Å². The minimum Gasteiger partial charge on any atom is -0.357 e. The fourth-order valence-electron chi connectivity index (χ4n) is 2.06. The number of hydrogen-bond acceptors (Lipinski definition) is 7. The summed E-state index contributed by atoms with van der Waals surface area (Å²) in [5.41, 5.74) is 0. The molecule has 1 fully saturated rings. The van der Waals surface area contributed by atoms with Crippen molar-refractivity contribution in [1.82, 2.24) is 20.3 Å². The van der Waals surface area contributed by atoms with E-state index in [1.165, 1.54) is 0 Å². The summed E-state index contributed by atoms with van der Waals surface area (Å²) in [6.07, 6.45) is 0. The predicted octanol–water partition coefficient (Wildman–Crippen LogP) is -0.304. The van der Waals surface area contributed by atoms with Crippen LogP contribution in [-0.2, 0) is 4.79 Å². The van der Waals surface area contributed by atoms with Gasteiger partial charge in [0, 0.05) is 33.2 Å². The maximum Gasteiger partial charge on any atom is 0.239 e. The van der Waals surface area contributed by atoms with Crippen LogP contribution in [0.2, 0.25) is 0 Å². The summed E-state index contributed by atoms with van der Waals surface area (Å²) in [6, 6.07) is 0. The molecule has 0 atom stereocenters. The normalized spacial score (nSPS) is 14.9. The van der Waals surface area contributed by atoms with Gasteiger partial charge in [0.05, 0.1) is 6.54 Å². The Bertz CT molecular complexity index is 475. The van der Waals surface area contributed by atoms with E-state index < -0.39 is 0 Å². The van der Waals surface area contributed by atoms with E-state index >= 15 is 0 Å². The van der Waals surface area contributed by atoms with Gasteiger partial charge in [0.1, 0.15) is 0 Å². The smallest absolute Gasteiger partial charge is 0.239 e. The maximum atomic E-state index is 11.5. The van der Waals surface area contributed by atoms with Crippen LogP contribution in [0.25, 0.3) is 0 Å². The van der Waals surface area contributed by atoms with Gasteiger partial charge in [-0.2, -0.15) is 15.0 Å². The summed E-state index contributed by atoms with van der Waals surface area (Å²) in [6.45, 7) is 7.36. The van der Waals surface area contributed by atoms with Gasteiger partial charge in [0.15, 0.2) is 0 Å². The molecule has 8 nitrogen and oxygen atoms in total. The Hall–Kier alpha value is -2.12. The minimum atomic E-state index is -0.00735. The number of piperazine rings is 1. The highest BCUT2D eigenvalue weighted by atomic mass is 16.2. The monoisotopic (exact) mass is 279 g/mol. The van der Waals surface area contributed by atoms with E-state index in [0.29, 0.717) is 30.9 Å². The number of amides is 1. The van der Waals surface area contributed by atoms with Crippen molar-refractivity contribution >= 4 is 23.8 Å².